The number of H-pyrrole nitrogens is 1. The Hall–Kier alpha value is -1.53. The third-order valence-electron chi connectivity index (χ3n) is 4.01. The number of aromatic nitrogens is 1. The van der Waals surface area contributed by atoms with Gasteiger partial charge < -0.3 is 9.72 Å². The Labute approximate surface area is 125 Å². The van der Waals surface area contributed by atoms with Crippen molar-refractivity contribution in [3.63, 3.8) is 0 Å². The molecule has 2 heterocycles. The number of nitrogens with zero attached hydrogens (tertiary/aromatic N) is 1. The van der Waals surface area contributed by atoms with Crippen molar-refractivity contribution in [1.29, 1.82) is 0 Å². The fourth-order valence-electron chi connectivity index (χ4n) is 2.98. The van der Waals surface area contributed by atoms with Gasteiger partial charge in [0, 0.05) is 30.6 Å². The molecular weight excluding hydrogens is 288 g/mol. The van der Waals surface area contributed by atoms with E-state index >= 15 is 0 Å². The van der Waals surface area contributed by atoms with Crippen LogP contribution < -0.4 is 4.74 Å². The zero-order valence-electron chi connectivity index (χ0n) is 12.3. The Kier molecular flexibility index (Phi) is 3.67. The van der Waals surface area contributed by atoms with E-state index in [1.54, 1.807) is 11.4 Å². The molecule has 114 valence electrons. The minimum Gasteiger partial charge on any atom is -0.495 e. The predicted molar refractivity (Wildman–Crippen MR) is 83.0 cm³/mol. The fourth-order valence-corrected chi connectivity index (χ4v) is 4.45. The third-order valence-corrected chi connectivity index (χ3v) is 6.04. The highest BCUT2D eigenvalue weighted by atomic mass is 32.2. The zero-order valence-corrected chi connectivity index (χ0v) is 13.2. The summed E-state index contributed by atoms with van der Waals surface area (Å²) < 4.78 is 31.5. The second-order valence-electron chi connectivity index (χ2n) is 5.36. The van der Waals surface area contributed by atoms with Gasteiger partial charge >= 0.3 is 0 Å². The van der Waals surface area contributed by atoms with Gasteiger partial charge in [0.1, 0.15) is 5.75 Å². The van der Waals surface area contributed by atoms with Gasteiger partial charge in [-0.3, -0.25) is 0 Å². The largest absolute Gasteiger partial charge is 0.495 e. The lowest BCUT2D eigenvalue weighted by Gasteiger charge is -2.26. The lowest BCUT2D eigenvalue weighted by Crippen LogP contribution is -2.37. The van der Waals surface area contributed by atoms with Crippen LogP contribution in [-0.2, 0) is 23.0 Å². The number of aromatic amines is 1. The highest BCUT2D eigenvalue weighted by Crippen LogP contribution is 2.33. The Morgan fingerprint density at radius 3 is 2.90 bits per heavy atom. The molecule has 5 nitrogen and oxygen atoms in total. The van der Waals surface area contributed by atoms with Gasteiger partial charge in [-0.05, 0) is 18.1 Å². The van der Waals surface area contributed by atoms with Crippen molar-refractivity contribution >= 4 is 20.9 Å². The maximum absolute atomic E-state index is 12.3. The lowest BCUT2D eigenvalue weighted by atomic mass is 10.1. The van der Waals surface area contributed by atoms with Crippen molar-refractivity contribution in [2.24, 2.45) is 0 Å². The van der Waals surface area contributed by atoms with Gasteiger partial charge in [0.05, 0.1) is 18.4 Å². The zero-order chi connectivity index (χ0) is 15.0. The van der Waals surface area contributed by atoms with E-state index in [1.807, 2.05) is 25.1 Å². The Balaban J connectivity index is 2.03. The smallest absolute Gasteiger partial charge is 0.214 e. The van der Waals surface area contributed by atoms with Crippen molar-refractivity contribution in [2.75, 3.05) is 19.4 Å². The van der Waals surface area contributed by atoms with E-state index in [9.17, 15) is 8.42 Å². The first-order valence-electron chi connectivity index (χ1n) is 7.21. The molecule has 0 amide bonds. The monoisotopic (exact) mass is 308 g/mol. The van der Waals surface area contributed by atoms with Crippen LogP contribution in [0.25, 0.3) is 10.9 Å². The van der Waals surface area contributed by atoms with Crippen LogP contribution in [0.15, 0.2) is 18.2 Å². The van der Waals surface area contributed by atoms with Gasteiger partial charge in [0.25, 0.3) is 0 Å². The normalized spacial score (nSPS) is 16.1. The average molecular weight is 308 g/mol. The van der Waals surface area contributed by atoms with E-state index in [2.05, 4.69) is 4.98 Å². The minimum absolute atomic E-state index is 0.216. The van der Waals surface area contributed by atoms with Gasteiger partial charge in [-0.2, -0.15) is 4.31 Å². The summed E-state index contributed by atoms with van der Waals surface area (Å²) in [5, 5.41) is 1.06. The van der Waals surface area contributed by atoms with E-state index in [-0.39, 0.29) is 5.75 Å². The SMILES string of the molecule is CCCS(=O)(=O)N1CCc2[nH]c3c(OC)cccc3c2C1. The molecule has 6 heteroatoms. The molecule has 2 aromatic rings. The summed E-state index contributed by atoms with van der Waals surface area (Å²) in [6.45, 7) is 2.89. The maximum Gasteiger partial charge on any atom is 0.214 e. The molecule has 3 rings (SSSR count). The maximum atomic E-state index is 12.3. The number of methoxy groups -OCH3 is 1. The molecule has 0 fully saturated rings. The quantitative estimate of drug-likeness (QED) is 0.942. The van der Waals surface area contributed by atoms with E-state index in [0.29, 0.717) is 19.5 Å². The fraction of sp³-hybridized carbons (Fsp3) is 0.467. The summed E-state index contributed by atoms with van der Waals surface area (Å²) in [6.07, 6.45) is 1.36. The van der Waals surface area contributed by atoms with Gasteiger partial charge in [0.2, 0.25) is 10.0 Å². The van der Waals surface area contributed by atoms with Crippen LogP contribution in [0, 0.1) is 0 Å². The van der Waals surface area contributed by atoms with E-state index < -0.39 is 10.0 Å². The van der Waals surface area contributed by atoms with Crippen molar-refractivity contribution in [3.05, 3.63) is 29.5 Å². The Bertz CT molecular complexity index is 765. The first-order chi connectivity index (χ1) is 10.1. The highest BCUT2D eigenvalue weighted by Gasteiger charge is 2.28. The van der Waals surface area contributed by atoms with Crippen LogP contribution in [0.5, 0.6) is 5.75 Å². The van der Waals surface area contributed by atoms with Crippen LogP contribution in [0.2, 0.25) is 0 Å². The molecule has 0 radical (unpaired) electrons. The number of sulfonamides is 1. The van der Waals surface area contributed by atoms with Crippen molar-refractivity contribution in [2.45, 2.75) is 26.3 Å². The van der Waals surface area contributed by atoms with Gasteiger partial charge in [0.15, 0.2) is 0 Å². The number of hydrogen-bond donors (Lipinski definition) is 1. The molecule has 1 aromatic heterocycles. The second-order valence-corrected chi connectivity index (χ2v) is 7.45. The van der Waals surface area contributed by atoms with Gasteiger partial charge in [-0.15, -0.1) is 0 Å². The van der Waals surface area contributed by atoms with Crippen LogP contribution in [0.3, 0.4) is 0 Å². The summed E-state index contributed by atoms with van der Waals surface area (Å²) in [7, 11) is -1.50. The van der Waals surface area contributed by atoms with Gasteiger partial charge in [-0.25, -0.2) is 8.42 Å². The summed E-state index contributed by atoms with van der Waals surface area (Å²) in [4.78, 5) is 3.39. The summed E-state index contributed by atoms with van der Waals surface area (Å²) in [5.74, 6) is 1.01. The predicted octanol–water partition coefficient (Wildman–Crippen LogP) is 2.27. The Morgan fingerprint density at radius 2 is 2.19 bits per heavy atom. The molecule has 0 aliphatic carbocycles. The number of hydrogen-bond acceptors (Lipinski definition) is 3. The van der Waals surface area contributed by atoms with Crippen LogP contribution in [0.4, 0.5) is 0 Å². The molecule has 1 aromatic carbocycles. The number of fused-ring (bicyclic) bond motifs is 3. The summed E-state index contributed by atoms with van der Waals surface area (Å²) in [5.41, 5.74) is 3.16. The van der Waals surface area contributed by atoms with E-state index in [0.717, 1.165) is 34.3 Å². The standard InChI is InChI=1S/C15H20N2O3S/c1-3-9-21(18,19)17-8-7-13-12(10-17)11-5-4-6-14(20-2)15(11)16-13/h4-6,16H,3,7-10H2,1-2H3. The van der Waals surface area contributed by atoms with E-state index in [4.69, 9.17) is 4.74 Å². The highest BCUT2D eigenvalue weighted by molar-refractivity contribution is 7.89. The van der Waals surface area contributed by atoms with Crippen LogP contribution in [-0.4, -0.2) is 37.1 Å². The molecule has 0 saturated heterocycles. The Morgan fingerprint density at radius 1 is 1.38 bits per heavy atom. The molecule has 0 saturated carbocycles. The number of nitrogens with one attached hydrogen (secondary N) is 1. The molecule has 0 atom stereocenters. The van der Waals surface area contributed by atoms with Crippen molar-refractivity contribution < 1.29 is 13.2 Å². The number of benzene rings is 1. The molecular formula is C15H20N2O3S. The minimum atomic E-state index is -3.15. The summed E-state index contributed by atoms with van der Waals surface area (Å²) in [6, 6.07) is 5.87. The van der Waals surface area contributed by atoms with Gasteiger partial charge in [-0.1, -0.05) is 19.1 Å². The van der Waals surface area contributed by atoms with E-state index in [1.165, 1.54) is 0 Å². The van der Waals surface area contributed by atoms with Crippen molar-refractivity contribution in [1.82, 2.24) is 9.29 Å². The third kappa shape index (κ3) is 2.42. The van der Waals surface area contributed by atoms with Crippen LogP contribution >= 0.6 is 0 Å². The average Bonchev–Trinajstić information content (AvgIpc) is 2.84. The number of rotatable bonds is 4. The topological polar surface area (TPSA) is 62.4 Å². The number of ether oxygens (including phenoxy) is 1. The molecule has 1 N–H and O–H groups in total. The van der Waals surface area contributed by atoms with Crippen molar-refractivity contribution in [3.8, 4) is 5.75 Å². The molecule has 0 unspecified atom stereocenters. The van der Waals surface area contributed by atoms with Crippen LogP contribution in [0.1, 0.15) is 24.6 Å². The molecule has 1 aliphatic rings. The molecule has 1 aliphatic heterocycles. The first kappa shape index (κ1) is 14.4. The molecule has 0 spiro atoms. The molecule has 21 heavy (non-hydrogen) atoms. The first-order valence-corrected chi connectivity index (χ1v) is 8.82. The second kappa shape index (κ2) is 5.35. The molecule has 0 bridgehead atoms. The number of para-hydroxylation sites is 1. The summed E-state index contributed by atoms with van der Waals surface area (Å²) >= 11 is 0. The lowest BCUT2D eigenvalue weighted by molar-refractivity contribution is 0.391.